The molecule has 0 radical (unpaired) electrons. The molecule has 0 spiro atoms. The Bertz CT molecular complexity index is 1270. The number of hydrogen-bond donors (Lipinski definition) is 2. The van der Waals surface area contributed by atoms with Crippen LogP contribution in [0.5, 0.6) is 0 Å². The number of hydrogen-bond acceptors (Lipinski definition) is 4. The molecule has 178 valence electrons. The highest BCUT2D eigenvalue weighted by atomic mass is 35.5. The Balaban J connectivity index is 1.73. The molecule has 2 N–H and O–H groups in total. The Morgan fingerprint density at radius 2 is 2.03 bits per heavy atom. The van der Waals surface area contributed by atoms with Crippen LogP contribution in [0.3, 0.4) is 0 Å². The molecule has 0 aliphatic carbocycles. The topological polar surface area (TPSA) is 65.5 Å². The largest absolute Gasteiger partial charge is 0.417 e. The first-order valence-electron chi connectivity index (χ1n) is 10.8. The van der Waals surface area contributed by atoms with Crippen LogP contribution in [0.2, 0.25) is 5.02 Å². The number of anilines is 2. The van der Waals surface area contributed by atoms with Gasteiger partial charge in [0, 0.05) is 47.4 Å². The minimum Gasteiger partial charge on any atom is -0.392 e. The van der Waals surface area contributed by atoms with E-state index in [1.54, 1.807) is 42.2 Å². The van der Waals surface area contributed by atoms with Crippen LogP contribution in [0, 0.1) is 0 Å². The van der Waals surface area contributed by atoms with Crippen molar-refractivity contribution in [1.29, 1.82) is 0 Å². The summed E-state index contributed by atoms with van der Waals surface area (Å²) in [7, 11) is 0. The Hall–Kier alpha value is -3.10. The number of carbonyl (C=O) groups excluding carboxylic acids is 1. The molecule has 9 heteroatoms. The molecule has 1 aromatic heterocycles. The van der Waals surface area contributed by atoms with Crippen LogP contribution in [0.4, 0.5) is 24.5 Å². The van der Waals surface area contributed by atoms with Crippen LogP contribution in [-0.2, 0) is 17.6 Å². The number of aromatic nitrogens is 1. The van der Waals surface area contributed by atoms with Crippen molar-refractivity contribution in [3.05, 3.63) is 70.4 Å². The number of nitrogens with one attached hydrogen (secondary N) is 1. The number of pyridine rings is 1. The van der Waals surface area contributed by atoms with E-state index in [0.29, 0.717) is 58.7 Å². The second-order valence-corrected chi connectivity index (χ2v) is 8.47. The quantitative estimate of drug-likeness (QED) is 0.450. The fourth-order valence-corrected chi connectivity index (χ4v) is 4.29. The third-order valence-electron chi connectivity index (χ3n) is 5.88. The zero-order valence-corrected chi connectivity index (χ0v) is 19.2. The van der Waals surface area contributed by atoms with E-state index >= 15 is 0 Å². The SMILES string of the molecule is CCC(=O)N1CC=C(c2ccc(Nc3c(CO)cnc4ccc(Cl)cc34)cc2C(F)(F)F)CC1. The molecule has 0 unspecified atom stereocenters. The molecule has 2 heterocycles. The van der Waals surface area contributed by atoms with Crippen molar-refractivity contribution in [2.45, 2.75) is 32.5 Å². The zero-order chi connectivity index (χ0) is 24.5. The van der Waals surface area contributed by atoms with Gasteiger partial charge in [-0.3, -0.25) is 9.78 Å². The van der Waals surface area contributed by atoms with Gasteiger partial charge in [-0.1, -0.05) is 30.7 Å². The van der Waals surface area contributed by atoms with Gasteiger partial charge in [0.1, 0.15) is 0 Å². The maximum absolute atomic E-state index is 14.0. The van der Waals surface area contributed by atoms with Gasteiger partial charge < -0.3 is 15.3 Å². The van der Waals surface area contributed by atoms with Crippen molar-refractivity contribution < 1.29 is 23.1 Å². The maximum Gasteiger partial charge on any atom is 0.417 e. The van der Waals surface area contributed by atoms with Gasteiger partial charge in [0.15, 0.2) is 0 Å². The number of rotatable bonds is 5. The van der Waals surface area contributed by atoms with E-state index < -0.39 is 11.7 Å². The molecule has 0 bridgehead atoms. The maximum atomic E-state index is 14.0. The molecule has 0 atom stereocenters. The third kappa shape index (κ3) is 4.88. The van der Waals surface area contributed by atoms with Crippen LogP contribution >= 0.6 is 11.6 Å². The first kappa shape index (κ1) is 24.0. The van der Waals surface area contributed by atoms with Crippen LogP contribution < -0.4 is 5.32 Å². The van der Waals surface area contributed by atoms with Crippen LogP contribution in [0.1, 0.15) is 36.5 Å². The molecular formula is C25H23ClF3N3O2. The van der Waals surface area contributed by atoms with Crippen molar-refractivity contribution in [1.82, 2.24) is 9.88 Å². The molecule has 3 aromatic rings. The minimum atomic E-state index is -4.58. The highest BCUT2D eigenvalue weighted by molar-refractivity contribution is 6.31. The third-order valence-corrected chi connectivity index (χ3v) is 6.12. The predicted molar refractivity (Wildman–Crippen MR) is 127 cm³/mol. The summed E-state index contributed by atoms with van der Waals surface area (Å²) in [5, 5.41) is 13.8. The second kappa shape index (κ2) is 9.64. The number of alkyl halides is 3. The van der Waals surface area contributed by atoms with E-state index in [2.05, 4.69) is 10.3 Å². The summed E-state index contributed by atoms with van der Waals surface area (Å²) < 4.78 is 42.1. The van der Waals surface area contributed by atoms with Gasteiger partial charge in [-0.15, -0.1) is 0 Å². The van der Waals surface area contributed by atoms with Crippen LogP contribution in [0.15, 0.2) is 48.7 Å². The van der Waals surface area contributed by atoms with Gasteiger partial charge >= 0.3 is 6.18 Å². The van der Waals surface area contributed by atoms with E-state index in [-0.39, 0.29) is 23.8 Å². The lowest BCUT2D eigenvalue weighted by Gasteiger charge is -2.27. The summed E-state index contributed by atoms with van der Waals surface area (Å²) >= 11 is 6.12. The van der Waals surface area contributed by atoms with Gasteiger partial charge in [0.05, 0.1) is 23.4 Å². The average Bonchev–Trinajstić information content (AvgIpc) is 2.83. The highest BCUT2D eigenvalue weighted by Crippen LogP contribution is 2.40. The lowest BCUT2D eigenvalue weighted by atomic mass is 9.94. The van der Waals surface area contributed by atoms with Gasteiger partial charge in [-0.05, 0) is 47.9 Å². The molecule has 0 saturated carbocycles. The minimum absolute atomic E-state index is 0.0183. The molecule has 1 aliphatic rings. The Kier molecular flexibility index (Phi) is 6.81. The number of benzene rings is 2. The highest BCUT2D eigenvalue weighted by Gasteiger charge is 2.35. The predicted octanol–water partition coefficient (Wildman–Crippen LogP) is 6.17. The first-order chi connectivity index (χ1) is 16.2. The Morgan fingerprint density at radius 1 is 1.24 bits per heavy atom. The number of nitrogens with zero attached hydrogens (tertiary/aromatic N) is 2. The molecule has 4 rings (SSSR count). The average molecular weight is 490 g/mol. The number of aliphatic hydroxyl groups is 1. The number of fused-ring (bicyclic) bond motifs is 1. The molecule has 34 heavy (non-hydrogen) atoms. The van der Waals surface area contributed by atoms with E-state index in [4.69, 9.17) is 11.6 Å². The molecular weight excluding hydrogens is 467 g/mol. The summed E-state index contributed by atoms with van der Waals surface area (Å²) in [4.78, 5) is 17.8. The van der Waals surface area contributed by atoms with Crippen molar-refractivity contribution in [3.63, 3.8) is 0 Å². The van der Waals surface area contributed by atoms with Gasteiger partial charge in [-0.2, -0.15) is 13.2 Å². The fraction of sp³-hybridized carbons (Fsp3) is 0.280. The van der Waals surface area contributed by atoms with Crippen LogP contribution in [-0.4, -0.2) is 34.0 Å². The second-order valence-electron chi connectivity index (χ2n) is 8.03. The lowest BCUT2D eigenvalue weighted by molar-refractivity contribution is -0.137. The Labute approximate surface area is 199 Å². The standard InChI is InChI=1S/C25H23ClF3N3O2/c1-2-23(34)32-9-7-15(8-10-32)19-5-4-18(12-21(19)25(27,28)29)31-24-16(14-33)13-30-22-6-3-17(26)11-20(22)24/h3-7,11-13,33H,2,8-10,14H2,1H3,(H,30,31). The monoisotopic (exact) mass is 489 g/mol. The van der Waals surface area contributed by atoms with Gasteiger partial charge in [-0.25, -0.2) is 0 Å². The van der Waals surface area contributed by atoms with Crippen molar-refractivity contribution >= 4 is 45.4 Å². The van der Waals surface area contributed by atoms with E-state index in [0.717, 1.165) is 6.07 Å². The number of aliphatic hydroxyl groups excluding tert-OH is 1. The molecule has 0 fully saturated rings. The molecule has 2 aromatic carbocycles. The first-order valence-corrected chi connectivity index (χ1v) is 11.2. The smallest absolute Gasteiger partial charge is 0.392 e. The molecule has 5 nitrogen and oxygen atoms in total. The van der Waals surface area contributed by atoms with E-state index in [9.17, 15) is 23.1 Å². The van der Waals surface area contributed by atoms with Crippen LogP contribution in [0.25, 0.3) is 16.5 Å². The normalized spacial score (nSPS) is 14.3. The zero-order valence-electron chi connectivity index (χ0n) is 18.4. The van der Waals surface area contributed by atoms with E-state index in [1.807, 2.05) is 0 Å². The molecule has 1 amide bonds. The fourth-order valence-electron chi connectivity index (χ4n) is 4.12. The Morgan fingerprint density at radius 3 is 2.68 bits per heavy atom. The van der Waals surface area contributed by atoms with E-state index in [1.165, 1.54) is 12.3 Å². The number of amides is 1. The number of halogens is 4. The van der Waals surface area contributed by atoms with Gasteiger partial charge in [0.2, 0.25) is 5.91 Å². The van der Waals surface area contributed by atoms with Crippen molar-refractivity contribution in [3.8, 4) is 0 Å². The summed E-state index contributed by atoms with van der Waals surface area (Å²) in [6.07, 6.45) is -0.690. The van der Waals surface area contributed by atoms with Crippen molar-refractivity contribution in [2.24, 2.45) is 0 Å². The molecule has 0 saturated heterocycles. The summed E-state index contributed by atoms with van der Waals surface area (Å²) in [5.74, 6) is -0.0183. The van der Waals surface area contributed by atoms with Gasteiger partial charge in [0.25, 0.3) is 0 Å². The summed E-state index contributed by atoms with van der Waals surface area (Å²) in [5.41, 5.74) is 1.60. The number of carbonyl (C=O) groups is 1. The lowest BCUT2D eigenvalue weighted by Crippen LogP contribution is -2.34. The summed E-state index contributed by atoms with van der Waals surface area (Å²) in [6, 6.07) is 9.12. The van der Waals surface area contributed by atoms with Crippen molar-refractivity contribution in [2.75, 3.05) is 18.4 Å². The molecule has 1 aliphatic heterocycles. The summed E-state index contributed by atoms with van der Waals surface area (Å²) in [6.45, 7) is 2.10.